The van der Waals surface area contributed by atoms with Crippen LogP contribution >= 0.6 is 0 Å². The first kappa shape index (κ1) is 14.5. The van der Waals surface area contributed by atoms with Crippen LogP contribution in [0, 0.1) is 5.82 Å². The van der Waals surface area contributed by atoms with Gasteiger partial charge in [0.2, 0.25) is 5.91 Å². The molecule has 1 atom stereocenters. The summed E-state index contributed by atoms with van der Waals surface area (Å²) in [7, 11) is 2.15. The number of amides is 1. The molecule has 3 nitrogen and oxygen atoms in total. The van der Waals surface area contributed by atoms with E-state index in [1.54, 1.807) is 12.1 Å². The Labute approximate surface area is 125 Å². The molecule has 3 rings (SSSR count). The van der Waals surface area contributed by atoms with Crippen LogP contribution in [0.1, 0.15) is 37.7 Å². The van der Waals surface area contributed by atoms with E-state index in [1.165, 1.54) is 25.0 Å². The summed E-state index contributed by atoms with van der Waals surface area (Å²) < 4.78 is 13.0. The maximum Gasteiger partial charge on any atom is 0.230 e. The van der Waals surface area contributed by atoms with Crippen molar-refractivity contribution in [3.05, 3.63) is 35.6 Å². The number of rotatable bonds is 5. The minimum atomic E-state index is -0.394. The van der Waals surface area contributed by atoms with E-state index < -0.39 is 5.41 Å². The molecule has 1 aliphatic heterocycles. The Balaban J connectivity index is 1.54. The molecule has 1 aliphatic carbocycles. The fraction of sp³-hybridized carbons (Fsp3) is 0.588. The van der Waals surface area contributed by atoms with Gasteiger partial charge < -0.3 is 10.2 Å². The molecule has 1 heterocycles. The highest BCUT2D eigenvalue weighted by molar-refractivity contribution is 5.91. The third-order valence-corrected chi connectivity index (χ3v) is 5.02. The standard InChI is InChI=1S/C17H23FN2O/c1-20-12-2-3-15(20)8-11-19-16(21)17(9-10-17)13-4-6-14(18)7-5-13/h4-7,15H,2-3,8-12H2,1H3,(H,19,21). The third-order valence-electron chi connectivity index (χ3n) is 5.02. The zero-order valence-electron chi connectivity index (χ0n) is 12.6. The maximum absolute atomic E-state index is 13.0. The van der Waals surface area contributed by atoms with Crippen LogP contribution in [0.4, 0.5) is 4.39 Å². The number of halogens is 1. The van der Waals surface area contributed by atoms with E-state index in [4.69, 9.17) is 0 Å². The molecule has 21 heavy (non-hydrogen) atoms. The lowest BCUT2D eigenvalue weighted by molar-refractivity contribution is -0.123. The average molecular weight is 290 g/mol. The molecule has 1 unspecified atom stereocenters. The lowest BCUT2D eigenvalue weighted by atomic mass is 9.95. The number of nitrogens with one attached hydrogen (secondary N) is 1. The zero-order chi connectivity index (χ0) is 14.9. The molecule has 1 saturated carbocycles. The lowest BCUT2D eigenvalue weighted by Crippen LogP contribution is -2.37. The van der Waals surface area contributed by atoms with Crippen molar-refractivity contribution in [2.24, 2.45) is 0 Å². The Morgan fingerprint density at radius 3 is 2.67 bits per heavy atom. The van der Waals surface area contributed by atoms with Gasteiger partial charge in [0.25, 0.3) is 0 Å². The van der Waals surface area contributed by atoms with E-state index >= 15 is 0 Å². The van der Waals surface area contributed by atoms with Crippen LogP contribution in [0.2, 0.25) is 0 Å². The molecular weight excluding hydrogens is 267 g/mol. The van der Waals surface area contributed by atoms with Gasteiger partial charge in [0, 0.05) is 12.6 Å². The SMILES string of the molecule is CN1CCCC1CCNC(=O)C1(c2ccc(F)cc2)CC1. The molecule has 0 spiro atoms. The lowest BCUT2D eigenvalue weighted by Gasteiger charge is -2.21. The Kier molecular flexibility index (Phi) is 3.98. The van der Waals surface area contributed by atoms with Gasteiger partial charge in [0.05, 0.1) is 5.41 Å². The normalized spacial score (nSPS) is 24.0. The van der Waals surface area contributed by atoms with E-state index in [1.807, 2.05) is 0 Å². The van der Waals surface area contributed by atoms with Gasteiger partial charge in [-0.05, 0) is 63.4 Å². The van der Waals surface area contributed by atoms with E-state index in [9.17, 15) is 9.18 Å². The molecule has 1 saturated heterocycles. The van der Waals surface area contributed by atoms with Crippen molar-refractivity contribution in [1.82, 2.24) is 10.2 Å². The molecule has 0 bridgehead atoms. The second kappa shape index (κ2) is 5.76. The van der Waals surface area contributed by atoms with Crippen LogP contribution in [0.3, 0.4) is 0 Å². The first-order valence-corrected chi connectivity index (χ1v) is 7.86. The monoisotopic (exact) mass is 290 g/mol. The molecule has 1 amide bonds. The highest BCUT2D eigenvalue weighted by Gasteiger charge is 2.51. The summed E-state index contributed by atoms with van der Waals surface area (Å²) >= 11 is 0. The van der Waals surface area contributed by atoms with Crippen molar-refractivity contribution in [2.45, 2.75) is 43.6 Å². The first-order chi connectivity index (χ1) is 10.1. The summed E-state index contributed by atoms with van der Waals surface area (Å²) in [5.41, 5.74) is 0.550. The highest BCUT2D eigenvalue weighted by atomic mass is 19.1. The van der Waals surface area contributed by atoms with Gasteiger partial charge in [0.1, 0.15) is 5.82 Å². The summed E-state index contributed by atoms with van der Waals surface area (Å²) in [6, 6.07) is 6.97. The maximum atomic E-state index is 13.0. The van der Waals surface area contributed by atoms with E-state index in [2.05, 4.69) is 17.3 Å². The minimum absolute atomic E-state index is 0.106. The molecule has 4 heteroatoms. The quantitative estimate of drug-likeness (QED) is 0.903. The number of likely N-dealkylation sites (tertiary alicyclic amines) is 1. The molecule has 114 valence electrons. The summed E-state index contributed by atoms with van der Waals surface area (Å²) in [4.78, 5) is 14.8. The number of nitrogens with zero attached hydrogens (tertiary/aromatic N) is 1. The zero-order valence-corrected chi connectivity index (χ0v) is 12.6. The Morgan fingerprint density at radius 1 is 1.38 bits per heavy atom. The molecule has 2 aliphatic rings. The summed E-state index contributed by atoms with van der Waals surface area (Å²) in [5, 5.41) is 3.09. The van der Waals surface area contributed by atoms with Crippen LogP contribution in [-0.4, -0.2) is 37.0 Å². The van der Waals surface area contributed by atoms with Crippen molar-refractivity contribution in [2.75, 3.05) is 20.1 Å². The fourth-order valence-electron chi connectivity index (χ4n) is 3.41. The molecular formula is C17H23FN2O. The van der Waals surface area contributed by atoms with Crippen molar-refractivity contribution in [1.29, 1.82) is 0 Å². The smallest absolute Gasteiger partial charge is 0.230 e. The topological polar surface area (TPSA) is 32.3 Å². The van der Waals surface area contributed by atoms with Crippen molar-refractivity contribution < 1.29 is 9.18 Å². The van der Waals surface area contributed by atoms with Crippen LogP contribution in [-0.2, 0) is 10.2 Å². The van der Waals surface area contributed by atoms with Crippen molar-refractivity contribution in [3.8, 4) is 0 Å². The largest absolute Gasteiger partial charge is 0.355 e. The number of carbonyl (C=O) groups is 1. The van der Waals surface area contributed by atoms with Gasteiger partial charge in [0.15, 0.2) is 0 Å². The van der Waals surface area contributed by atoms with E-state index in [-0.39, 0.29) is 11.7 Å². The summed E-state index contributed by atoms with van der Waals surface area (Å²) in [6.07, 6.45) is 5.24. The number of hydrogen-bond donors (Lipinski definition) is 1. The highest BCUT2D eigenvalue weighted by Crippen LogP contribution is 2.48. The third kappa shape index (κ3) is 2.95. The van der Waals surface area contributed by atoms with Crippen LogP contribution in [0.5, 0.6) is 0 Å². The van der Waals surface area contributed by atoms with Crippen LogP contribution < -0.4 is 5.32 Å². The Morgan fingerprint density at radius 2 is 2.10 bits per heavy atom. The van der Waals surface area contributed by atoms with Gasteiger partial charge in [-0.3, -0.25) is 4.79 Å². The van der Waals surface area contributed by atoms with Gasteiger partial charge in [-0.2, -0.15) is 0 Å². The Bertz CT molecular complexity index is 510. The van der Waals surface area contributed by atoms with Crippen LogP contribution in [0.15, 0.2) is 24.3 Å². The van der Waals surface area contributed by atoms with E-state index in [0.29, 0.717) is 6.04 Å². The molecule has 0 aromatic heterocycles. The number of carbonyl (C=O) groups excluding carboxylic acids is 1. The molecule has 1 aromatic rings. The van der Waals surface area contributed by atoms with Gasteiger partial charge in [-0.25, -0.2) is 4.39 Å². The Hall–Kier alpha value is -1.42. The predicted molar refractivity (Wildman–Crippen MR) is 80.6 cm³/mol. The summed E-state index contributed by atoms with van der Waals surface area (Å²) in [5.74, 6) is -0.144. The van der Waals surface area contributed by atoms with Crippen molar-refractivity contribution in [3.63, 3.8) is 0 Å². The second-order valence-corrected chi connectivity index (χ2v) is 6.41. The van der Waals surface area contributed by atoms with E-state index in [0.717, 1.165) is 37.9 Å². The van der Waals surface area contributed by atoms with Gasteiger partial charge in [-0.1, -0.05) is 12.1 Å². The number of hydrogen-bond acceptors (Lipinski definition) is 2. The van der Waals surface area contributed by atoms with Gasteiger partial charge in [-0.15, -0.1) is 0 Å². The fourth-order valence-corrected chi connectivity index (χ4v) is 3.41. The molecule has 1 N–H and O–H groups in total. The van der Waals surface area contributed by atoms with Crippen molar-refractivity contribution >= 4 is 5.91 Å². The number of benzene rings is 1. The molecule has 1 aromatic carbocycles. The molecule has 0 radical (unpaired) electrons. The first-order valence-electron chi connectivity index (χ1n) is 7.86. The van der Waals surface area contributed by atoms with Gasteiger partial charge >= 0.3 is 0 Å². The van der Waals surface area contributed by atoms with Crippen LogP contribution in [0.25, 0.3) is 0 Å². The molecule has 2 fully saturated rings. The minimum Gasteiger partial charge on any atom is -0.355 e. The second-order valence-electron chi connectivity index (χ2n) is 6.41. The predicted octanol–water partition coefficient (Wildman–Crippen LogP) is 2.46. The average Bonchev–Trinajstić information content (AvgIpc) is 3.19. The summed E-state index contributed by atoms with van der Waals surface area (Å²) in [6.45, 7) is 1.90.